The van der Waals surface area contributed by atoms with E-state index in [2.05, 4.69) is 10.3 Å². The maximum absolute atomic E-state index is 12.3. The fraction of sp³-hybridized carbons (Fsp3) is 0.222. The first kappa shape index (κ1) is 15.9. The van der Waals surface area contributed by atoms with Crippen molar-refractivity contribution in [2.45, 2.75) is 13.3 Å². The lowest BCUT2D eigenvalue weighted by molar-refractivity contribution is -0.115. The molecule has 3 aromatic rings. The van der Waals surface area contributed by atoms with Crippen LogP contribution in [-0.2, 0) is 11.2 Å². The number of hydrogen-bond donors (Lipinski definition) is 1. The van der Waals surface area contributed by atoms with Gasteiger partial charge in [-0.3, -0.25) is 4.79 Å². The number of anilines is 1. The van der Waals surface area contributed by atoms with E-state index in [9.17, 15) is 4.79 Å². The summed E-state index contributed by atoms with van der Waals surface area (Å²) in [6.07, 6.45) is 0.233. The number of benzene rings is 2. The van der Waals surface area contributed by atoms with Crippen molar-refractivity contribution in [1.82, 2.24) is 4.98 Å². The van der Waals surface area contributed by atoms with E-state index in [-0.39, 0.29) is 12.3 Å². The molecule has 0 fully saturated rings. The summed E-state index contributed by atoms with van der Waals surface area (Å²) in [6, 6.07) is 10.8. The molecule has 0 saturated carbocycles. The quantitative estimate of drug-likeness (QED) is 0.778. The number of fused-ring (bicyclic) bond motifs is 1. The largest absolute Gasteiger partial charge is 0.497 e. The van der Waals surface area contributed by atoms with Crippen LogP contribution in [0.5, 0.6) is 11.5 Å². The van der Waals surface area contributed by atoms with Crippen molar-refractivity contribution in [3.63, 3.8) is 0 Å². The molecule has 1 heterocycles. The summed E-state index contributed by atoms with van der Waals surface area (Å²) in [4.78, 5) is 16.6. The van der Waals surface area contributed by atoms with Crippen LogP contribution in [0.1, 0.15) is 11.5 Å². The van der Waals surface area contributed by atoms with E-state index < -0.39 is 0 Å². The maximum Gasteiger partial charge on any atom is 0.228 e. The Morgan fingerprint density at radius 1 is 1.17 bits per heavy atom. The van der Waals surface area contributed by atoms with E-state index in [1.807, 2.05) is 18.2 Å². The molecule has 1 aromatic heterocycles. The van der Waals surface area contributed by atoms with Gasteiger partial charge in [0.15, 0.2) is 11.5 Å². The first-order valence-corrected chi connectivity index (χ1v) is 7.47. The van der Waals surface area contributed by atoms with Crippen LogP contribution in [0.3, 0.4) is 0 Å². The highest BCUT2D eigenvalue weighted by Gasteiger charge is 2.11. The highest BCUT2D eigenvalue weighted by molar-refractivity contribution is 5.94. The molecule has 0 aliphatic carbocycles. The van der Waals surface area contributed by atoms with Crippen molar-refractivity contribution < 1.29 is 18.7 Å². The molecule has 6 heteroatoms. The van der Waals surface area contributed by atoms with E-state index in [4.69, 9.17) is 13.9 Å². The van der Waals surface area contributed by atoms with E-state index in [1.54, 1.807) is 39.3 Å². The molecule has 6 nitrogen and oxygen atoms in total. The number of carbonyl (C=O) groups is 1. The van der Waals surface area contributed by atoms with Gasteiger partial charge >= 0.3 is 0 Å². The second kappa shape index (κ2) is 6.62. The van der Waals surface area contributed by atoms with Crippen molar-refractivity contribution in [1.29, 1.82) is 0 Å². The highest BCUT2D eigenvalue weighted by atomic mass is 16.5. The van der Waals surface area contributed by atoms with Crippen LogP contribution in [-0.4, -0.2) is 25.1 Å². The minimum atomic E-state index is -0.141. The molecule has 0 atom stereocenters. The molecule has 0 bridgehead atoms. The van der Waals surface area contributed by atoms with Crippen LogP contribution in [0.2, 0.25) is 0 Å². The van der Waals surface area contributed by atoms with E-state index in [0.29, 0.717) is 28.7 Å². The number of rotatable bonds is 5. The predicted molar refractivity (Wildman–Crippen MR) is 90.6 cm³/mol. The van der Waals surface area contributed by atoms with E-state index in [0.717, 1.165) is 11.1 Å². The van der Waals surface area contributed by atoms with Crippen molar-refractivity contribution in [2.75, 3.05) is 19.5 Å². The first-order valence-electron chi connectivity index (χ1n) is 7.47. The third-order valence-corrected chi connectivity index (χ3v) is 3.61. The molecule has 2 aromatic carbocycles. The summed E-state index contributed by atoms with van der Waals surface area (Å²) >= 11 is 0. The molecule has 0 saturated heterocycles. The molecular weight excluding hydrogens is 308 g/mol. The van der Waals surface area contributed by atoms with Gasteiger partial charge in [-0.15, -0.1) is 0 Å². The zero-order chi connectivity index (χ0) is 17.1. The zero-order valence-electron chi connectivity index (χ0n) is 13.8. The molecule has 0 aliphatic heterocycles. The monoisotopic (exact) mass is 326 g/mol. The second-order valence-corrected chi connectivity index (χ2v) is 5.33. The summed E-state index contributed by atoms with van der Waals surface area (Å²) in [5.74, 6) is 1.68. The standard InChI is InChI=1S/C18H18N2O4/c1-11-19-15-8-12(4-7-16(15)24-11)9-18(21)20-14-6-5-13(22-2)10-17(14)23-3/h4-8,10H,9H2,1-3H3,(H,20,21). The summed E-state index contributed by atoms with van der Waals surface area (Å²) in [5.41, 5.74) is 2.93. The maximum atomic E-state index is 12.3. The molecule has 124 valence electrons. The van der Waals surface area contributed by atoms with Crippen LogP contribution >= 0.6 is 0 Å². The summed E-state index contributed by atoms with van der Waals surface area (Å²) in [5, 5.41) is 2.85. The molecule has 0 radical (unpaired) electrons. The van der Waals surface area contributed by atoms with E-state index in [1.165, 1.54) is 0 Å². The van der Waals surface area contributed by atoms with Gasteiger partial charge in [-0.25, -0.2) is 4.98 Å². The number of ether oxygens (including phenoxy) is 2. The van der Waals surface area contributed by atoms with Gasteiger partial charge in [0.25, 0.3) is 0 Å². The summed E-state index contributed by atoms with van der Waals surface area (Å²) in [6.45, 7) is 1.79. The second-order valence-electron chi connectivity index (χ2n) is 5.33. The summed E-state index contributed by atoms with van der Waals surface area (Å²) in [7, 11) is 3.13. The Hall–Kier alpha value is -3.02. The van der Waals surface area contributed by atoms with E-state index >= 15 is 0 Å². The molecule has 0 unspecified atom stereocenters. The van der Waals surface area contributed by atoms with Gasteiger partial charge in [-0.1, -0.05) is 6.07 Å². The molecule has 0 aliphatic rings. The van der Waals surface area contributed by atoms with Gasteiger partial charge in [0.05, 0.1) is 26.3 Å². The number of carbonyl (C=O) groups excluding carboxylic acids is 1. The van der Waals surface area contributed by atoms with Crippen LogP contribution < -0.4 is 14.8 Å². The number of hydrogen-bond acceptors (Lipinski definition) is 5. The van der Waals surface area contributed by atoms with Crippen molar-refractivity contribution in [2.24, 2.45) is 0 Å². The van der Waals surface area contributed by atoms with Gasteiger partial charge in [0.1, 0.15) is 17.0 Å². The Kier molecular flexibility index (Phi) is 4.37. The number of oxazole rings is 1. The lowest BCUT2D eigenvalue weighted by Gasteiger charge is -2.11. The molecule has 24 heavy (non-hydrogen) atoms. The topological polar surface area (TPSA) is 73.6 Å². The fourth-order valence-electron chi connectivity index (χ4n) is 2.48. The minimum absolute atomic E-state index is 0.141. The van der Waals surface area contributed by atoms with Gasteiger partial charge in [-0.2, -0.15) is 0 Å². The fourth-order valence-corrected chi connectivity index (χ4v) is 2.48. The van der Waals surface area contributed by atoms with Gasteiger partial charge in [-0.05, 0) is 29.8 Å². The number of nitrogens with zero attached hydrogens (tertiary/aromatic N) is 1. The first-order chi connectivity index (χ1) is 11.6. The number of aromatic nitrogens is 1. The van der Waals surface area contributed by atoms with Crippen LogP contribution in [0.4, 0.5) is 5.69 Å². The third-order valence-electron chi connectivity index (χ3n) is 3.61. The lowest BCUT2D eigenvalue weighted by Crippen LogP contribution is -2.15. The number of aryl methyl sites for hydroxylation is 1. The molecule has 1 N–H and O–H groups in total. The summed E-state index contributed by atoms with van der Waals surface area (Å²) < 4.78 is 15.9. The Morgan fingerprint density at radius 2 is 2.00 bits per heavy atom. The number of amides is 1. The smallest absolute Gasteiger partial charge is 0.228 e. The molecule has 3 rings (SSSR count). The van der Waals surface area contributed by atoms with Crippen LogP contribution in [0, 0.1) is 6.92 Å². The Bertz CT molecular complexity index is 886. The van der Waals surface area contributed by atoms with Gasteiger partial charge in [0.2, 0.25) is 5.91 Å². The van der Waals surface area contributed by atoms with Gasteiger partial charge < -0.3 is 19.2 Å². The average molecular weight is 326 g/mol. The number of methoxy groups -OCH3 is 2. The minimum Gasteiger partial charge on any atom is -0.497 e. The molecule has 1 amide bonds. The predicted octanol–water partition coefficient (Wildman–Crippen LogP) is 3.33. The Balaban J connectivity index is 1.74. The molecular formula is C18H18N2O4. The average Bonchev–Trinajstić information content (AvgIpc) is 2.94. The van der Waals surface area contributed by atoms with Crippen molar-refractivity contribution in [3.05, 3.63) is 47.9 Å². The lowest BCUT2D eigenvalue weighted by atomic mass is 10.1. The van der Waals surface area contributed by atoms with Gasteiger partial charge in [0, 0.05) is 13.0 Å². The van der Waals surface area contributed by atoms with Crippen molar-refractivity contribution in [3.8, 4) is 11.5 Å². The number of nitrogens with one attached hydrogen (secondary N) is 1. The highest BCUT2D eigenvalue weighted by Crippen LogP contribution is 2.29. The van der Waals surface area contributed by atoms with Crippen LogP contribution in [0.25, 0.3) is 11.1 Å². The normalized spacial score (nSPS) is 10.6. The Labute approximate surface area is 139 Å². The zero-order valence-corrected chi connectivity index (χ0v) is 13.8. The van der Waals surface area contributed by atoms with Crippen LogP contribution in [0.15, 0.2) is 40.8 Å². The SMILES string of the molecule is COc1ccc(NC(=O)Cc2ccc3oc(C)nc3c2)c(OC)c1. The molecule has 0 spiro atoms. The van der Waals surface area contributed by atoms with Crippen molar-refractivity contribution >= 4 is 22.7 Å². The Morgan fingerprint density at radius 3 is 2.75 bits per heavy atom. The third kappa shape index (κ3) is 3.32.